The zero-order valence-electron chi connectivity index (χ0n) is 6.36. The van der Waals surface area contributed by atoms with Crippen molar-refractivity contribution in [3.63, 3.8) is 0 Å². The number of hydrogen-bond donors (Lipinski definition) is 2. The first-order valence-corrected chi connectivity index (χ1v) is 3.60. The lowest BCUT2D eigenvalue weighted by molar-refractivity contribution is 0.276. The van der Waals surface area contributed by atoms with E-state index >= 15 is 0 Å². The van der Waals surface area contributed by atoms with Gasteiger partial charge in [0.05, 0.1) is 24.7 Å². The van der Waals surface area contributed by atoms with Crippen LogP contribution in [0.15, 0.2) is 11.2 Å². The van der Waals surface area contributed by atoms with Crippen molar-refractivity contribution in [1.29, 1.82) is 0 Å². The summed E-state index contributed by atoms with van der Waals surface area (Å²) in [5.41, 5.74) is 1.25. The van der Waals surface area contributed by atoms with Crippen molar-refractivity contribution in [2.24, 2.45) is 4.99 Å². The molecule has 5 nitrogen and oxygen atoms in total. The van der Waals surface area contributed by atoms with Crippen molar-refractivity contribution in [3.8, 4) is 0 Å². The fourth-order valence-electron chi connectivity index (χ4n) is 0.997. The molecule has 62 valence electrons. The second kappa shape index (κ2) is 2.86. The van der Waals surface area contributed by atoms with Crippen LogP contribution in [0.4, 0.5) is 5.82 Å². The van der Waals surface area contributed by atoms with Crippen LogP contribution in [-0.4, -0.2) is 28.0 Å². The van der Waals surface area contributed by atoms with Gasteiger partial charge < -0.3 is 10.4 Å². The first-order valence-electron chi connectivity index (χ1n) is 3.60. The largest absolute Gasteiger partial charge is 0.390 e. The highest BCUT2D eigenvalue weighted by molar-refractivity contribution is 5.85. The van der Waals surface area contributed by atoms with Gasteiger partial charge in [0.15, 0.2) is 5.82 Å². The number of aliphatic hydroxyl groups is 1. The van der Waals surface area contributed by atoms with Crippen molar-refractivity contribution in [2.45, 2.75) is 6.61 Å². The van der Waals surface area contributed by atoms with Gasteiger partial charge in [-0.1, -0.05) is 0 Å². The van der Waals surface area contributed by atoms with E-state index in [9.17, 15) is 0 Å². The number of anilines is 1. The third kappa shape index (κ3) is 1.14. The van der Waals surface area contributed by atoms with Gasteiger partial charge in [0.1, 0.15) is 12.4 Å². The van der Waals surface area contributed by atoms with Gasteiger partial charge in [-0.15, -0.1) is 0 Å². The van der Waals surface area contributed by atoms with Crippen LogP contribution in [0.1, 0.15) is 11.4 Å². The molecule has 0 unspecified atom stereocenters. The number of aliphatic hydroxyl groups excluding tert-OH is 1. The van der Waals surface area contributed by atoms with Gasteiger partial charge in [0, 0.05) is 0 Å². The van der Waals surface area contributed by atoms with Crippen LogP contribution in [0.5, 0.6) is 0 Å². The number of hydrogen-bond acceptors (Lipinski definition) is 5. The van der Waals surface area contributed by atoms with E-state index in [0.717, 1.165) is 5.82 Å². The molecule has 12 heavy (non-hydrogen) atoms. The lowest BCUT2D eigenvalue weighted by atomic mass is 10.3. The lowest BCUT2D eigenvalue weighted by Gasteiger charge is -2.10. The zero-order valence-corrected chi connectivity index (χ0v) is 6.36. The summed E-state index contributed by atoms with van der Waals surface area (Å²) in [6.45, 7) is 0.453. The molecule has 5 heteroatoms. The summed E-state index contributed by atoms with van der Waals surface area (Å²) in [7, 11) is 0. The smallest absolute Gasteiger partial charge is 0.155 e. The van der Waals surface area contributed by atoms with Gasteiger partial charge in [0.2, 0.25) is 0 Å². The molecule has 1 aromatic heterocycles. The molecular weight excluding hydrogens is 156 g/mol. The zero-order chi connectivity index (χ0) is 8.39. The van der Waals surface area contributed by atoms with E-state index in [2.05, 4.69) is 20.3 Å². The Bertz CT molecular complexity index is 323. The van der Waals surface area contributed by atoms with Crippen molar-refractivity contribution >= 4 is 12.0 Å². The molecule has 2 rings (SSSR count). The Morgan fingerprint density at radius 2 is 2.50 bits per heavy atom. The van der Waals surface area contributed by atoms with Crippen molar-refractivity contribution in [1.82, 2.24) is 9.97 Å². The molecule has 0 fully saturated rings. The molecule has 0 bridgehead atoms. The minimum atomic E-state index is -0.0892. The molecule has 0 aliphatic carbocycles. The van der Waals surface area contributed by atoms with E-state index in [-0.39, 0.29) is 6.61 Å². The Balaban J connectivity index is 2.44. The predicted octanol–water partition coefficient (Wildman–Crippen LogP) is -0.229. The Morgan fingerprint density at radius 3 is 3.33 bits per heavy atom. The normalized spacial score (nSPS) is 13.8. The van der Waals surface area contributed by atoms with Crippen LogP contribution in [0.25, 0.3) is 0 Å². The molecular formula is C7H8N4O. The number of rotatable bonds is 1. The summed E-state index contributed by atoms with van der Waals surface area (Å²) >= 11 is 0. The molecule has 0 atom stereocenters. The fourth-order valence-corrected chi connectivity index (χ4v) is 0.997. The molecule has 1 aliphatic heterocycles. The standard InChI is InChI=1S/C7H8N4O/c12-3-5-1-9-7-6(11-5)2-8-4-10-7/h1-2,12H,3-4H2,(H,9,10). The average Bonchev–Trinajstić information content (AvgIpc) is 2.17. The summed E-state index contributed by atoms with van der Waals surface area (Å²) < 4.78 is 0. The Kier molecular flexibility index (Phi) is 1.71. The van der Waals surface area contributed by atoms with Crippen LogP contribution >= 0.6 is 0 Å². The second-order valence-corrected chi connectivity index (χ2v) is 2.40. The molecule has 0 radical (unpaired) electrons. The van der Waals surface area contributed by atoms with Gasteiger partial charge >= 0.3 is 0 Å². The minimum absolute atomic E-state index is 0.0892. The first-order chi connectivity index (χ1) is 5.90. The van der Waals surface area contributed by atoms with Crippen LogP contribution in [0.3, 0.4) is 0 Å². The number of nitrogens with zero attached hydrogens (tertiary/aromatic N) is 3. The Hall–Kier alpha value is -1.49. The molecule has 2 N–H and O–H groups in total. The maximum atomic E-state index is 8.77. The molecule has 0 saturated carbocycles. The quantitative estimate of drug-likeness (QED) is 0.601. The SMILES string of the molecule is OCc1cnc2c(n1)C=NCN2. The maximum Gasteiger partial charge on any atom is 0.155 e. The lowest BCUT2D eigenvalue weighted by Crippen LogP contribution is -2.12. The molecule has 0 aromatic carbocycles. The minimum Gasteiger partial charge on any atom is -0.390 e. The summed E-state index contributed by atoms with van der Waals surface area (Å²) in [5, 5.41) is 11.7. The molecule has 1 aromatic rings. The highest BCUT2D eigenvalue weighted by Gasteiger charge is 2.07. The number of fused-ring (bicyclic) bond motifs is 1. The monoisotopic (exact) mass is 164 g/mol. The van der Waals surface area contributed by atoms with E-state index in [1.54, 1.807) is 12.4 Å². The maximum absolute atomic E-state index is 8.77. The third-order valence-corrected chi connectivity index (χ3v) is 1.56. The molecule has 2 heterocycles. The van der Waals surface area contributed by atoms with Crippen molar-refractivity contribution in [3.05, 3.63) is 17.6 Å². The number of aromatic nitrogens is 2. The number of nitrogens with one attached hydrogen (secondary N) is 1. The molecule has 0 spiro atoms. The van der Waals surface area contributed by atoms with E-state index < -0.39 is 0 Å². The summed E-state index contributed by atoms with van der Waals surface area (Å²) in [4.78, 5) is 12.1. The molecule has 0 amide bonds. The summed E-state index contributed by atoms with van der Waals surface area (Å²) in [6.07, 6.45) is 3.20. The topological polar surface area (TPSA) is 70.4 Å². The Morgan fingerprint density at radius 1 is 1.58 bits per heavy atom. The van der Waals surface area contributed by atoms with E-state index in [0.29, 0.717) is 18.1 Å². The third-order valence-electron chi connectivity index (χ3n) is 1.56. The second-order valence-electron chi connectivity index (χ2n) is 2.40. The fraction of sp³-hybridized carbons (Fsp3) is 0.286. The van der Waals surface area contributed by atoms with Gasteiger partial charge in [-0.05, 0) is 0 Å². The van der Waals surface area contributed by atoms with Crippen LogP contribution < -0.4 is 5.32 Å². The highest BCUT2D eigenvalue weighted by Crippen LogP contribution is 2.10. The van der Waals surface area contributed by atoms with E-state index in [1.165, 1.54) is 0 Å². The molecule has 0 saturated heterocycles. The Labute approximate surface area is 69.2 Å². The van der Waals surface area contributed by atoms with Crippen LogP contribution in [0, 0.1) is 0 Å². The van der Waals surface area contributed by atoms with E-state index in [4.69, 9.17) is 5.11 Å². The number of aliphatic imine (C=N–C) groups is 1. The van der Waals surface area contributed by atoms with Gasteiger partial charge in [-0.25, -0.2) is 9.97 Å². The predicted molar refractivity (Wildman–Crippen MR) is 44.0 cm³/mol. The molecule has 1 aliphatic rings. The van der Waals surface area contributed by atoms with Crippen LogP contribution in [-0.2, 0) is 6.61 Å². The average molecular weight is 164 g/mol. The first kappa shape index (κ1) is 7.17. The highest BCUT2D eigenvalue weighted by atomic mass is 16.3. The van der Waals surface area contributed by atoms with Crippen molar-refractivity contribution in [2.75, 3.05) is 12.0 Å². The van der Waals surface area contributed by atoms with E-state index in [1.807, 2.05) is 0 Å². The van der Waals surface area contributed by atoms with Gasteiger partial charge in [-0.3, -0.25) is 4.99 Å². The van der Waals surface area contributed by atoms with Crippen LogP contribution in [0.2, 0.25) is 0 Å². The summed E-state index contributed by atoms with van der Waals surface area (Å²) in [6, 6.07) is 0. The van der Waals surface area contributed by atoms with Gasteiger partial charge in [0.25, 0.3) is 0 Å². The van der Waals surface area contributed by atoms with Crippen molar-refractivity contribution < 1.29 is 5.11 Å². The summed E-state index contributed by atoms with van der Waals surface area (Å²) in [5.74, 6) is 0.724. The van der Waals surface area contributed by atoms with Gasteiger partial charge in [-0.2, -0.15) is 0 Å².